The smallest absolute Gasteiger partial charge is 0.298 e. The Morgan fingerprint density at radius 3 is 0.833 bits per heavy atom. The van der Waals surface area contributed by atoms with Gasteiger partial charge in [-0.2, -0.15) is 0 Å². The van der Waals surface area contributed by atoms with Crippen LogP contribution in [0.3, 0.4) is 0 Å². The van der Waals surface area contributed by atoms with Gasteiger partial charge in [0.15, 0.2) is 0 Å². The molecule has 12 nitrogen and oxygen atoms in total. The molecule has 5 rings (SSSR count). The fourth-order valence-electron chi connectivity index (χ4n) is 4.49. The number of aromatic nitrogens is 8. The van der Waals surface area contributed by atoms with E-state index in [9.17, 15) is 0 Å². The summed E-state index contributed by atoms with van der Waals surface area (Å²) in [4.78, 5) is 18.4. The van der Waals surface area contributed by atoms with Crippen LogP contribution in [0.25, 0.3) is 0 Å². The van der Waals surface area contributed by atoms with Crippen LogP contribution in [0.15, 0.2) is 24.8 Å². The molecule has 0 saturated heterocycles. The molecule has 36 heavy (non-hydrogen) atoms. The molecular weight excluding hydrogens is 456 g/mol. The van der Waals surface area contributed by atoms with Gasteiger partial charge >= 0.3 is 0 Å². The van der Waals surface area contributed by atoms with E-state index in [0.29, 0.717) is 49.5 Å². The second-order valence-corrected chi connectivity index (χ2v) is 9.31. The SMILES string of the molecule is Cc1nc(N)c2c[n+]1Cc1c[n+](c(C)nc1N)Cc1c[n+](c(C)nc1N)Cc1c[n+](c(C)nc1N)C2. The minimum absolute atomic E-state index is 0.470. The van der Waals surface area contributed by atoms with Crippen molar-refractivity contribution in [2.45, 2.75) is 53.9 Å². The fourth-order valence-corrected chi connectivity index (χ4v) is 4.49. The van der Waals surface area contributed by atoms with E-state index < -0.39 is 0 Å². The average Bonchev–Trinajstić information content (AvgIpc) is 2.79. The Kier molecular flexibility index (Phi) is 5.58. The summed E-state index contributed by atoms with van der Waals surface area (Å²) in [6, 6.07) is 0. The van der Waals surface area contributed by atoms with Crippen LogP contribution in [0.1, 0.15) is 45.6 Å². The predicted octanol–water partition coefficient (Wildman–Crippen LogP) is -1.51. The second-order valence-electron chi connectivity index (χ2n) is 9.31. The zero-order chi connectivity index (χ0) is 25.7. The summed E-state index contributed by atoms with van der Waals surface area (Å²) in [6.45, 7) is 9.63. The zero-order valence-electron chi connectivity index (χ0n) is 21.0. The van der Waals surface area contributed by atoms with Crippen LogP contribution in [-0.4, -0.2) is 19.9 Å². The Morgan fingerprint density at radius 1 is 0.444 bits per heavy atom. The lowest BCUT2D eigenvalue weighted by Gasteiger charge is -2.11. The van der Waals surface area contributed by atoms with Gasteiger partial charge in [0.25, 0.3) is 23.3 Å². The minimum atomic E-state index is 0.470. The number of rotatable bonds is 0. The fraction of sp³-hybridized carbons (Fsp3) is 0.333. The highest BCUT2D eigenvalue weighted by Crippen LogP contribution is 2.14. The zero-order valence-corrected chi connectivity index (χ0v) is 21.0. The maximum Gasteiger partial charge on any atom is 0.298 e. The maximum atomic E-state index is 6.34. The van der Waals surface area contributed by atoms with Crippen molar-refractivity contribution in [2.24, 2.45) is 0 Å². The van der Waals surface area contributed by atoms with Crippen molar-refractivity contribution in [1.29, 1.82) is 0 Å². The molecule has 0 aromatic carbocycles. The normalized spacial score (nSPS) is 13.0. The molecular formula is C24H32N12+4. The Labute approximate surface area is 208 Å². The second kappa shape index (κ2) is 8.63. The third-order valence-electron chi connectivity index (χ3n) is 6.72. The number of fused-ring (bicyclic) bond motifs is 8. The molecule has 1 aliphatic rings. The topological polar surface area (TPSA) is 171 Å². The summed E-state index contributed by atoms with van der Waals surface area (Å²) in [5, 5.41) is 0. The van der Waals surface area contributed by atoms with Crippen LogP contribution in [0, 0.1) is 27.7 Å². The maximum absolute atomic E-state index is 6.34. The summed E-state index contributed by atoms with van der Waals surface area (Å²) < 4.78 is 8.12. The minimum Gasteiger partial charge on any atom is -0.362 e. The number of nitrogens with two attached hydrogens (primary N) is 4. The first-order valence-electron chi connectivity index (χ1n) is 11.7. The first-order valence-corrected chi connectivity index (χ1v) is 11.7. The third kappa shape index (κ3) is 4.21. The number of aryl methyl sites for hydroxylation is 4. The van der Waals surface area contributed by atoms with E-state index in [-0.39, 0.29) is 0 Å². The van der Waals surface area contributed by atoms with E-state index in [1.165, 1.54) is 0 Å². The molecule has 0 radical (unpaired) electrons. The van der Waals surface area contributed by atoms with E-state index in [4.69, 9.17) is 22.9 Å². The Balaban J connectivity index is 1.75. The van der Waals surface area contributed by atoms with Gasteiger partial charge < -0.3 is 22.9 Å². The van der Waals surface area contributed by atoms with Gasteiger partial charge in [0.05, 0.1) is 0 Å². The molecule has 0 saturated carbocycles. The van der Waals surface area contributed by atoms with Crippen molar-refractivity contribution in [2.75, 3.05) is 22.9 Å². The van der Waals surface area contributed by atoms with Gasteiger partial charge in [0, 0.05) is 27.7 Å². The van der Waals surface area contributed by atoms with E-state index in [2.05, 4.69) is 19.9 Å². The molecule has 0 spiro atoms. The standard InChI is InChI=1S/C24H28N12/c1-13-29-21(25)17-5-33(13)9-18-6-34(14(2)30-22(18)26)11-20-8-36(16(4)32-24(20)28)12-19-7-35(10-17)15(3)31-23(19)27/h5-8,25-28H,9-12H2,1-4H3/p+4. The molecule has 0 aliphatic carbocycles. The molecule has 184 valence electrons. The first kappa shape index (κ1) is 23.3. The molecule has 0 atom stereocenters. The number of nitrogens with zero attached hydrogens (tertiary/aromatic N) is 8. The van der Waals surface area contributed by atoms with Crippen molar-refractivity contribution in [3.63, 3.8) is 0 Å². The molecule has 0 unspecified atom stereocenters. The van der Waals surface area contributed by atoms with Crippen LogP contribution in [0.5, 0.6) is 0 Å². The van der Waals surface area contributed by atoms with Gasteiger partial charge in [-0.25, -0.2) is 18.3 Å². The van der Waals surface area contributed by atoms with E-state index in [1.807, 2.05) is 70.8 Å². The number of anilines is 4. The summed E-state index contributed by atoms with van der Waals surface area (Å²) in [5.41, 5.74) is 28.8. The summed E-state index contributed by atoms with van der Waals surface area (Å²) in [6.07, 6.45) is 8.05. The molecule has 0 fully saturated rings. The number of hydrogen-bond acceptors (Lipinski definition) is 8. The van der Waals surface area contributed by atoms with Gasteiger partial charge in [-0.1, -0.05) is 0 Å². The summed E-state index contributed by atoms with van der Waals surface area (Å²) in [5.74, 6) is 4.97. The lowest BCUT2D eigenvalue weighted by Crippen LogP contribution is -2.47. The Hall–Kier alpha value is -4.48. The quantitative estimate of drug-likeness (QED) is 0.190. The van der Waals surface area contributed by atoms with Gasteiger partial charge in [-0.3, -0.25) is 0 Å². The van der Waals surface area contributed by atoms with E-state index >= 15 is 0 Å². The number of hydrogen-bond donors (Lipinski definition) is 4. The number of nitrogen functional groups attached to an aromatic ring is 4. The molecule has 8 bridgehead atoms. The van der Waals surface area contributed by atoms with Gasteiger partial charge in [0.1, 0.15) is 73.2 Å². The summed E-state index contributed by atoms with van der Waals surface area (Å²) >= 11 is 0. The molecule has 1 aliphatic heterocycles. The van der Waals surface area contributed by atoms with Crippen LogP contribution in [0.2, 0.25) is 0 Å². The molecule has 4 aromatic heterocycles. The lowest BCUT2D eigenvalue weighted by atomic mass is 10.2. The largest absolute Gasteiger partial charge is 0.362 e. The third-order valence-corrected chi connectivity index (χ3v) is 6.72. The van der Waals surface area contributed by atoms with Gasteiger partial charge in [-0.05, 0) is 19.9 Å². The molecule has 0 amide bonds. The highest BCUT2D eigenvalue weighted by molar-refractivity contribution is 5.39. The first-order chi connectivity index (χ1) is 17.1. The van der Waals surface area contributed by atoms with Crippen LogP contribution in [0.4, 0.5) is 23.3 Å². The lowest BCUT2D eigenvalue weighted by molar-refractivity contribution is -0.721. The van der Waals surface area contributed by atoms with Crippen molar-refractivity contribution < 1.29 is 18.3 Å². The van der Waals surface area contributed by atoms with Crippen molar-refractivity contribution >= 4 is 23.3 Å². The van der Waals surface area contributed by atoms with E-state index in [1.54, 1.807) is 0 Å². The van der Waals surface area contributed by atoms with Crippen molar-refractivity contribution in [3.05, 3.63) is 70.3 Å². The molecule has 8 N–H and O–H groups in total. The van der Waals surface area contributed by atoms with Gasteiger partial charge in [0.2, 0.25) is 23.3 Å². The van der Waals surface area contributed by atoms with Crippen LogP contribution >= 0.6 is 0 Å². The molecule has 4 aromatic rings. The highest BCUT2D eigenvalue weighted by atomic mass is 15.1. The van der Waals surface area contributed by atoms with Crippen LogP contribution < -0.4 is 41.2 Å². The Morgan fingerprint density at radius 2 is 0.639 bits per heavy atom. The highest BCUT2D eigenvalue weighted by Gasteiger charge is 2.26. The Bertz CT molecular complexity index is 1210. The monoisotopic (exact) mass is 488 g/mol. The molecule has 12 heteroatoms. The molecule has 5 heterocycles. The van der Waals surface area contributed by atoms with E-state index in [0.717, 1.165) is 45.6 Å². The summed E-state index contributed by atoms with van der Waals surface area (Å²) in [7, 11) is 0. The van der Waals surface area contributed by atoms with Crippen molar-refractivity contribution in [1.82, 2.24) is 19.9 Å². The predicted molar refractivity (Wildman–Crippen MR) is 131 cm³/mol. The van der Waals surface area contributed by atoms with Crippen LogP contribution in [-0.2, 0) is 26.2 Å². The van der Waals surface area contributed by atoms with Crippen molar-refractivity contribution in [3.8, 4) is 0 Å². The van der Waals surface area contributed by atoms with Gasteiger partial charge in [-0.15, -0.1) is 0 Å². The average molecular weight is 489 g/mol.